The molecule has 6 rings (SSSR count). The van der Waals surface area contributed by atoms with Crippen molar-refractivity contribution in [2.24, 2.45) is 0 Å². The topological polar surface area (TPSA) is 141 Å². The van der Waals surface area contributed by atoms with Gasteiger partial charge < -0.3 is 30.4 Å². The number of carbonyl (C=O) groups is 4. The summed E-state index contributed by atoms with van der Waals surface area (Å²) < 4.78 is 5.42. The minimum absolute atomic E-state index is 0.0206. The van der Waals surface area contributed by atoms with E-state index in [2.05, 4.69) is 16.0 Å². The number of rotatable bonds is 7. The van der Waals surface area contributed by atoms with E-state index in [1.807, 2.05) is 36.4 Å². The van der Waals surface area contributed by atoms with E-state index >= 15 is 0 Å². The summed E-state index contributed by atoms with van der Waals surface area (Å²) in [6.07, 6.45) is 3.52. The first-order valence-electron chi connectivity index (χ1n) is 14.1. The van der Waals surface area contributed by atoms with Crippen molar-refractivity contribution >= 4 is 58.0 Å². The quantitative estimate of drug-likeness (QED) is 0.223. The summed E-state index contributed by atoms with van der Waals surface area (Å²) in [6.45, 7) is 0.225. The number of hydrogen-bond acceptors (Lipinski definition) is 5. The van der Waals surface area contributed by atoms with Crippen LogP contribution < -0.4 is 16.0 Å². The van der Waals surface area contributed by atoms with E-state index in [1.54, 1.807) is 29.4 Å². The number of aliphatic carboxylic acids is 1. The number of hydrogen-bond donors (Lipinski definition) is 4. The lowest BCUT2D eigenvalue weighted by atomic mass is 9.96. The van der Waals surface area contributed by atoms with Crippen molar-refractivity contribution in [1.82, 2.24) is 20.9 Å². The largest absolute Gasteiger partial charge is 0.480 e. The summed E-state index contributed by atoms with van der Waals surface area (Å²) in [5.74, 6) is -2.30. The zero-order chi connectivity index (χ0) is 31.0. The molecule has 4 aromatic rings. The summed E-state index contributed by atoms with van der Waals surface area (Å²) in [5, 5.41) is 18.6. The highest BCUT2D eigenvalue weighted by atomic mass is 35.5. The predicted molar refractivity (Wildman–Crippen MR) is 164 cm³/mol. The molecule has 0 saturated heterocycles. The van der Waals surface area contributed by atoms with Crippen LogP contribution in [-0.4, -0.2) is 53.0 Å². The first-order valence-corrected chi connectivity index (χ1v) is 14.9. The van der Waals surface area contributed by atoms with E-state index in [9.17, 15) is 24.3 Å². The zero-order valence-electron chi connectivity index (χ0n) is 23.4. The number of nitrogens with zero attached hydrogens (tertiary/aromatic N) is 1. The number of aryl methyl sites for hydroxylation is 1. The van der Waals surface area contributed by atoms with Crippen LogP contribution in [0.5, 0.6) is 0 Å². The maximum Gasteiger partial charge on any atom is 0.328 e. The lowest BCUT2D eigenvalue weighted by Crippen LogP contribution is -2.50. The molecule has 44 heavy (non-hydrogen) atoms. The van der Waals surface area contributed by atoms with Crippen molar-refractivity contribution in [2.75, 3.05) is 13.1 Å². The Bertz CT molecular complexity index is 1800. The summed E-state index contributed by atoms with van der Waals surface area (Å²) in [4.78, 5) is 52.7. The van der Waals surface area contributed by atoms with Gasteiger partial charge in [-0.1, -0.05) is 53.5 Å². The van der Waals surface area contributed by atoms with E-state index in [4.69, 9.17) is 27.6 Å². The Hall–Kier alpha value is -4.54. The van der Waals surface area contributed by atoms with E-state index in [0.717, 1.165) is 23.8 Å². The van der Waals surface area contributed by atoms with Gasteiger partial charge in [0, 0.05) is 24.0 Å². The molecule has 10 nitrogen and oxygen atoms in total. The minimum Gasteiger partial charge on any atom is -0.480 e. The number of carbonyl (C=O) groups excluding carboxylic acids is 3. The van der Waals surface area contributed by atoms with Gasteiger partial charge in [0.2, 0.25) is 0 Å². The molecule has 1 aromatic heterocycles. The summed E-state index contributed by atoms with van der Waals surface area (Å²) in [6, 6.07) is 14.3. The number of halogens is 2. The third kappa shape index (κ3) is 5.82. The van der Waals surface area contributed by atoms with Crippen molar-refractivity contribution in [3.63, 3.8) is 0 Å². The Balaban J connectivity index is 1.10. The number of fused-ring (bicyclic) bond motifs is 3. The SMILES string of the molecule is O=C(NC[C@H](NC(=O)c1c(Cl)cc2c(c1Cl)CCN(C(=O)c1ccc3ccoc3c1)C2)C(=O)O)N[C@@H]1CCc2ccccc21. The Labute approximate surface area is 262 Å². The van der Waals surface area contributed by atoms with Crippen LogP contribution in [0.2, 0.25) is 10.0 Å². The van der Waals surface area contributed by atoms with Crippen LogP contribution in [-0.2, 0) is 24.2 Å². The average Bonchev–Trinajstić information content (AvgIpc) is 3.65. The molecule has 0 bridgehead atoms. The van der Waals surface area contributed by atoms with Gasteiger partial charge in [-0.15, -0.1) is 0 Å². The highest BCUT2D eigenvalue weighted by Gasteiger charge is 2.30. The number of nitrogens with one attached hydrogen (secondary N) is 3. The highest BCUT2D eigenvalue weighted by molar-refractivity contribution is 6.40. The number of amides is 4. The van der Waals surface area contributed by atoms with Gasteiger partial charge in [0.05, 0.1) is 34.5 Å². The van der Waals surface area contributed by atoms with Crippen LogP contribution in [0.25, 0.3) is 11.0 Å². The lowest BCUT2D eigenvalue weighted by molar-refractivity contribution is -0.139. The standard InChI is InChI=1S/C32H28Cl2N4O6/c33-23-13-20-16-38(30(40)19-6-5-18-10-12-44-26(18)14-19)11-9-22(20)28(34)27(23)29(39)36-25(31(41)42)15-35-32(43)37-24-8-7-17-3-1-2-4-21(17)24/h1-6,10,12-14,24-25H,7-9,11,15-16H2,(H,36,39)(H,41,42)(H2,35,37,43)/t24-,25+/m1/s1. The number of carboxylic acid groups (broad SMARTS) is 1. The van der Waals surface area contributed by atoms with Gasteiger partial charge in [-0.05, 0) is 65.8 Å². The lowest BCUT2D eigenvalue weighted by Gasteiger charge is -2.30. The molecular weight excluding hydrogens is 607 g/mol. The van der Waals surface area contributed by atoms with E-state index < -0.39 is 23.9 Å². The Morgan fingerprint density at radius 3 is 2.66 bits per heavy atom. The smallest absolute Gasteiger partial charge is 0.328 e. The van der Waals surface area contributed by atoms with Gasteiger partial charge >= 0.3 is 12.0 Å². The molecule has 12 heteroatoms. The average molecular weight is 636 g/mol. The van der Waals surface area contributed by atoms with Gasteiger partial charge in [0.1, 0.15) is 11.6 Å². The predicted octanol–water partition coefficient (Wildman–Crippen LogP) is 5.11. The van der Waals surface area contributed by atoms with Crippen molar-refractivity contribution in [3.8, 4) is 0 Å². The van der Waals surface area contributed by atoms with Gasteiger partial charge in [0.15, 0.2) is 0 Å². The van der Waals surface area contributed by atoms with Gasteiger partial charge in [-0.2, -0.15) is 0 Å². The summed E-state index contributed by atoms with van der Waals surface area (Å²) >= 11 is 13.2. The molecule has 1 aliphatic heterocycles. The zero-order valence-corrected chi connectivity index (χ0v) is 24.9. The summed E-state index contributed by atoms with van der Waals surface area (Å²) in [5.41, 5.74) is 4.59. The van der Waals surface area contributed by atoms with Crippen LogP contribution in [0, 0.1) is 0 Å². The molecule has 2 atom stereocenters. The first-order chi connectivity index (χ1) is 21.2. The van der Waals surface area contributed by atoms with Gasteiger partial charge in [-0.25, -0.2) is 9.59 Å². The number of benzene rings is 3. The van der Waals surface area contributed by atoms with Gasteiger partial charge in [0.25, 0.3) is 11.8 Å². The Morgan fingerprint density at radius 2 is 1.84 bits per heavy atom. The third-order valence-electron chi connectivity index (χ3n) is 8.13. The minimum atomic E-state index is -1.44. The van der Waals surface area contributed by atoms with Crippen LogP contribution in [0.3, 0.4) is 0 Å². The Morgan fingerprint density at radius 1 is 1.02 bits per heavy atom. The first kappa shape index (κ1) is 29.5. The highest BCUT2D eigenvalue weighted by Crippen LogP contribution is 2.35. The number of urea groups is 1. The fourth-order valence-corrected chi connectivity index (χ4v) is 6.61. The van der Waals surface area contributed by atoms with Crippen LogP contribution >= 0.6 is 23.2 Å². The normalized spacial score (nSPS) is 16.1. The van der Waals surface area contributed by atoms with Crippen LogP contribution in [0.1, 0.15) is 55.4 Å². The maximum absolute atomic E-state index is 13.2. The van der Waals surface area contributed by atoms with E-state index in [-0.39, 0.29) is 40.6 Å². The second-order valence-electron chi connectivity index (χ2n) is 10.8. The molecule has 0 unspecified atom stereocenters. The monoisotopic (exact) mass is 634 g/mol. The fourth-order valence-electron chi connectivity index (χ4n) is 5.85. The second-order valence-corrected chi connectivity index (χ2v) is 11.6. The molecule has 4 amide bonds. The van der Waals surface area contributed by atoms with Crippen molar-refractivity contribution < 1.29 is 28.7 Å². The van der Waals surface area contributed by atoms with Crippen LogP contribution in [0.4, 0.5) is 4.79 Å². The summed E-state index contributed by atoms with van der Waals surface area (Å²) in [7, 11) is 0. The molecule has 0 saturated carbocycles. The van der Waals surface area contributed by atoms with E-state index in [0.29, 0.717) is 35.2 Å². The van der Waals surface area contributed by atoms with E-state index in [1.165, 1.54) is 5.56 Å². The molecule has 0 fully saturated rings. The molecule has 0 spiro atoms. The fraction of sp³-hybridized carbons (Fsp3) is 0.250. The molecule has 4 N–H and O–H groups in total. The third-order valence-corrected chi connectivity index (χ3v) is 8.85. The van der Waals surface area contributed by atoms with Crippen molar-refractivity contribution in [3.05, 3.63) is 104 Å². The van der Waals surface area contributed by atoms with Gasteiger partial charge in [-0.3, -0.25) is 9.59 Å². The molecule has 1 aliphatic carbocycles. The Kier molecular flexibility index (Phi) is 8.20. The van der Waals surface area contributed by atoms with Crippen molar-refractivity contribution in [2.45, 2.75) is 37.9 Å². The molecule has 0 radical (unpaired) electrons. The molecule has 2 heterocycles. The number of carboxylic acids is 1. The maximum atomic E-state index is 13.2. The molecule has 2 aliphatic rings. The second kappa shape index (κ2) is 12.2. The van der Waals surface area contributed by atoms with Crippen LogP contribution in [0.15, 0.2) is 65.3 Å². The van der Waals surface area contributed by atoms with Crippen molar-refractivity contribution in [1.29, 1.82) is 0 Å². The number of furan rings is 1. The molecule has 3 aromatic carbocycles. The molecule has 226 valence electrons. The molecular formula is C32H28Cl2N4O6.